The molecule has 4 heteroatoms. The van der Waals surface area contributed by atoms with Crippen LogP contribution >= 0.6 is 0 Å². The Morgan fingerprint density at radius 2 is 1.95 bits per heavy atom. The topological polar surface area (TPSA) is 65.1 Å². The van der Waals surface area contributed by atoms with Gasteiger partial charge in [-0.1, -0.05) is 18.2 Å². The number of aliphatic hydroxyl groups is 1. The van der Waals surface area contributed by atoms with Crippen LogP contribution in [0.3, 0.4) is 0 Å². The van der Waals surface area contributed by atoms with Gasteiger partial charge in [0, 0.05) is 16.9 Å². The van der Waals surface area contributed by atoms with Gasteiger partial charge >= 0.3 is 0 Å². The van der Waals surface area contributed by atoms with Crippen molar-refractivity contribution in [1.29, 1.82) is 0 Å². The second-order valence-corrected chi connectivity index (χ2v) is 5.25. The van der Waals surface area contributed by atoms with Gasteiger partial charge in [0.05, 0.1) is 6.10 Å². The van der Waals surface area contributed by atoms with Gasteiger partial charge in [-0.2, -0.15) is 0 Å². The Morgan fingerprint density at radius 1 is 1.21 bits per heavy atom. The predicted molar refractivity (Wildman–Crippen MR) is 74.0 cm³/mol. The van der Waals surface area contributed by atoms with Crippen LogP contribution in [0.15, 0.2) is 30.3 Å². The first-order chi connectivity index (χ1) is 9.22. The second-order valence-electron chi connectivity index (χ2n) is 5.25. The molecule has 4 nitrogen and oxygen atoms in total. The highest BCUT2D eigenvalue weighted by molar-refractivity contribution is 5.98. The van der Waals surface area contributed by atoms with Crippen molar-refractivity contribution in [3.05, 3.63) is 36.0 Å². The van der Waals surface area contributed by atoms with Crippen LogP contribution in [0.1, 0.15) is 36.2 Å². The van der Waals surface area contributed by atoms with E-state index in [1.807, 2.05) is 30.3 Å². The van der Waals surface area contributed by atoms with Crippen molar-refractivity contribution in [2.45, 2.75) is 37.8 Å². The van der Waals surface area contributed by atoms with Gasteiger partial charge in [0.2, 0.25) is 0 Å². The summed E-state index contributed by atoms with van der Waals surface area (Å²) in [5.41, 5.74) is 1.58. The Hall–Kier alpha value is -1.81. The minimum absolute atomic E-state index is 0.0578. The highest BCUT2D eigenvalue weighted by Crippen LogP contribution is 2.19. The number of H-pyrrole nitrogens is 1. The molecule has 100 valence electrons. The van der Waals surface area contributed by atoms with Gasteiger partial charge < -0.3 is 15.4 Å². The predicted octanol–water partition coefficient (Wildman–Crippen LogP) is 2.20. The van der Waals surface area contributed by atoms with Crippen molar-refractivity contribution < 1.29 is 9.90 Å². The van der Waals surface area contributed by atoms with Crippen molar-refractivity contribution in [3.63, 3.8) is 0 Å². The van der Waals surface area contributed by atoms with Crippen LogP contribution in [-0.4, -0.2) is 28.1 Å². The first-order valence-corrected chi connectivity index (χ1v) is 6.79. The van der Waals surface area contributed by atoms with Gasteiger partial charge in [0.1, 0.15) is 5.69 Å². The number of hydrogen-bond acceptors (Lipinski definition) is 2. The number of fused-ring (bicyclic) bond motifs is 1. The Balaban J connectivity index is 1.70. The van der Waals surface area contributed by atoms with Crippen LogP contribution in [0.4, 0.5) is 0 Å². The molecule has 0 atom stereocenters. The van der Waals surface area contributed by atoms with Crippen molar-refractivity contribution in [1.82, 2.24) is 10.3 Å². The molecule has 0 bridgehead atoms. The molecule has 0 unspecified atom stereocenters. The van der Waals surface area contributed by atoms with Crippen LogP contribution in [0, 0.1) is 0 Å². The lowest BCUT2D eigenvalue weighted by Gasteiger charge is -2.25. The summed E-state index contributed by atoms with van der Waals surface area (Å²) in [6, 6.07) is 9.91. The van der Waals surface area contributed by atoms with Crippen molar-refractivity contribution in [2.75, 3.05) is 0 Å². The largest absolute Gasteiger partial charge is 0.393 e. The van der Waals surface area contributed by atoms with Crippen molar-refractivity contribution in [3.8, 4) is 0 Å². The number of nitrogens with one attached hydrogen (secondary N) is 2. The molecule has 1 amide bonds. The summed E-state index contributed by atoms with van der Waals surface area (Å²) >= 11 is 0. The van der Waals surface area contributed by atoms with E-state index in [-0.39, 0.29) is 18.1 Å². The molecule has 1 saturated carbocycles. The Labute approximate surface area is 111 Å². The summed E-state index contributed by atoms with van der Waals surface area (Å²) in [7, 11) is 0. The lowest BCUT2D eigenvalue weighted by Crippen LogP contribution is -2.38. The Morgan fingerprint density at radius 3 is 2.68 bits per heavy atom. The molecule has 1 aromatic heterocycles. The lowest BCUT2D eigenvalue weighted by molar-refractivity contribution is 0.0864. The summed E-state index contributed by atoms with van der Waals surface area (Å²) in [4.78, 5) is 15.3. The number of aromatic nitrogens is 1. The van der Waals surface area contributed by atoms with Crippen LogP contribution in [-0.2, 0) is 0 Å². The minimum Gasteiger partial charge on any atom is -0.393 e. The van der Waals surface area contributed by atoms with Crippen LogP contribution in [0.5, 0.6) is 0 Å². The van der Waals surface area contributed by atoms with E-state index in [2.05, 4.69) is 10.3 Å². The molecule has 1 aliphatic carbocycles. The normalized spacial score (nSPS) is 23.4. The molecular weight excluding hydrogens is 240 g/mol. The van der Waals surface area contributed by atoms with Gasteiger partial charge in [-0.3, -0.25) is 4.79 Å². The zero-order valence-corrected chi connectivity index (χ0v) is 10.7. The lowest BCUT2D eigenvalue weighted by atomic mass is 9.93. The van der Waals surface area contributed by atoms with Gasteiger partial charge in [0.25, 0.3) is 5.91 Å². The number of rotatable bonds is 2. The molecule has 3 N–H and O–H groups in total. The first kappa shape index (κ1) is 12.2. The first-order valence-electron chi connectivity index (χ1n) is 6.79. The van der Waals surface area contributed by atoms with Crippen LogP contribution in [0.25, 0.3) is 10.9 Å². The molecule has 1 aromatic carbocycles. The fraction of sp³-hybridized carbons (Fsp3) is 0.400. The van der Waals surface area contributed by atoms with E-state index in [0.717, 1.165) is 36.6 Å². The summed E-state index contributed by atoms with van der Waals surface area (Å²) in [6.45, 7) is 0. The smallest absolute Gasteiger partial charge is 0.267 e. The SMILES string of the molecule is O=C(NC1CCC(O)CC1)c1cc2ccccc2[nH]1. The van der Waals surface area contributed by atoms with Crippen molar-refractivity contribution in [2.24, 2.45) is 0 Å². The molecule has 3 rings (SSSR count). The molecule has 1 aliphatic rings. The third-order valence-corrected chi connectivity index (χ3v) is 3.81. The third-order valence-electron chi connectivity index (χ3n) is 3.81. The fourth-order valence-corrected chi connectivity index (χ4v) is 2.68. The number of carbonyl (C=O) groups is 1. The summed E-state index contributed by atoms with van der Waals surface area (Å²) < 4.78 is 0. The van der Waals surface area contributed by atoms with Crippen LogP contribution in [0.2, 0.25) is 0 Å². The van der Waals surface area contributed by atoms with E-state index in [1.54, 1.807) is 0 Å². The molecule has 1 fully saturated rings. The Kier molecular flexibility index (Phi) is 3.25. The average Bonchev–Trinajstić information content (AvgIpc) is 2.85. The van der Waals surface area contributed by atoms with E-state index in [1.165, 1.54) is 0 Å². The van der Waals surface area contributed by atoms with E-state index in [9.17, 15) is 9.90 Å². The van der Waals surface area contributed by atoms with Gasteiger partial charge in [0.15, 0.2) is 0 Å². The monoisotopic (exact) mass is 258 g/mol. The summed E-state index contributed by atoms with van der Waals surface area (Å²) in [5.74, 6) is -0.0578. The minimum atomic E-state index is -0.193. The highest BCUT2D eigenvalue weighted by atomic mass is 16.3. The fourth-order valence-electron chi connectivity index (χ4n) is 2.68. The molecule has 0 aliphatic heterocycles. The number of hydrogen-bond donors (Lipinski definition) is 3. The standard InChI is InChI=1S/C15H18N2O2/c18-12-7-5-11(6-8-12)16-15(19)14-9-10-3-1-2-4-13(10)17-14/h1-4,9,11-12,17-18H,5-8H2,(H,16,19). The van der Waals surface area contributed by atoms with Crippen LogP contribution < -0.4 is 5.32 Å². The van der Waals surface area contributed by atoms with E-state index in [0.29, 0.717) is 5.69 Å². The maximum atomic E-state index is 12.2. The number of amides is 1. The zero-order valence-electron chi connectivity index (χ0n) is 10.7. The van der Waals surface area contributed by atoms with Gasteiger partial charge in [-0.15, -0.1) is 0 Å². The average molecular weight is 258 g/mol. The highest BCUT2D eigenvalue weighted by Gasteiger charge is 2.21. The van der Waals surface area contributed by atoms with E-state index >= 15 is 0 Å². The molecule has 2 aromatic rings. The Bertz CT molecular complexity index is 550. The third kappa shape index (κ3) is 2.63. The summed E-state index contributed by atoms with van der Waals surface area (Å²) in [6.07, 6.45) is 3.07. The van der Waals surface area contributed by atoms with Gasteiger partial charge in [-0.25, -0.2) is 0 Å². The molecule has 0 saturated heterocycles. The number of aromatic amines is 1. The van der Waals surface area contributed by atoms with Gasteiger partial charge in [-0.05, 0) is 37.8 Å². The number of para-hydroxylation sites is 1. The second kappa shape index (κ2) is 5.05. The quantitative estimate of drug-likeness (QED) is 0.773. The molecule has 19 heavy (non-hydrogen) atoms. The number of carbonyl (C=O) groups excluding carboxylic acids is 1. The molecule has 0 spiro atoms. The van der Waals surface area contributed by atoms with E-state index in [4.69, 9.17) is 0 Å². The maximum absolute atomic E-state index is 12.2. The molecule has 0 radical (unpaired) electrons. The molecular formula is C15H18N2O2. The number of aliphatic hydroxyl groups excluding tert-OH is 1. The maximum Gasteiger partial charge on any atom is 0.267 e. The zero-order chi connectivity index (χ0) is 13.2. The molecule has 1 heterocycles. The van der Waals surface area contributed by atoms with Crippen molar-refractivity contribution >= 4 is 16.8 Å². The van der Waals surface area contributed by atoms with E-state index < -0.39 is 0 Å². The summed E-state index contributed by atoms with van der Waals surface area (Å²) in [5, 5.41) is 13.5. The number of benzene rings is 1.